The average Bonchev–Trinajstić information content (AvgIpc) is 2.38. The molecule has 0 saturated heterocycles. The molecular weight excluding hydrogens is 289 g/mol. The number of ether oxygens (including phenoxy) is 1. The highest BCUT2D eigenvalue weighted by Crippen LogP contribution is 2.24. The highest BCUT2D eigenvalue weighted by molar-refractivity contribution is 6.32. The first-order valence-corrected chi connectivity index (χ1v) is 6.39. The van der Waals surface area contributed by atoms with E-state index >= 15 is 0 Å². The van der Waals surface area contributed by atoms with Gasteiger partial charge in [0.2, 0.25) is 0 Å². The van der Waals surface area contributed by atoms with Crippen molar-refractivity contribution in [2.75, 3.05) is 19.7 Å². The lowest BCUT2D eigenvalue weighted by atomic mass is 10.3. The predicted molar refractivity (Wildman–Crippen MR) is 71.4 cm³/mol. The molecule has 0 aliphatic carbocycles. The number of halogens is 2. The van der Waals surface area contributed by atoms with Gasteiger partial charge in [0.1, 0.15) is 11.6 Å². The number of carbonyl (C=O) groups is 2. The fraction of sp³-hybridized carbons (Fsp3) is 0.385. The van der Waals surface area contributed by atoms with Crippen molar-refractivity contribution in [3.63, 3.8) is 0 Å². The number of carbonyl (C=O) groups excluding carboxylic acids is 1. The van der Waals surface area contributed by atoms with E-state index in [4.69, 9.17) is 21.4 Å². The molecule has 0 radical (unpaired) electrons. The van der Waals surface area contributed by atoms with Crippen molar-refractivity contribution in [3.05, 3.63) is 29.0 Å². The zero-order valence-electron chi connectivity index (χ0n) is 10.9. The number of carboxylic acid groups (broad SMARTS) is 1. The van der Waals surface area contributed by atoms with Gasteiger partial charge in [0, 0.05) is 13.1 Å². The molecule has 110 valence electrons. The zero-order chi connectivity index (χ0) is 15.1. The summed E-state index contributed by atoms with van der Waals surface area (Å²) in [4.78, 5) is 23.7. The third-order valence-corrected chi connectivity index (χ3v) is 2.87. The van der Waals surface area contributed by atoms with Gasteiger partial charge in [-0.1, -0.05) is 11.6 Å². The molecule has 20 heavy (non-hydrogen) atoms. The number of hydrogen-bond donors (Lipinski definition) is 1. The van der Waals surface area contributed by atoms with Gasteiger partial charge in [-0.25, -0.2) is 4.39 Å². The smallest absolute Gasteiger partial charge is 0.305 e. The van der Waals surface area contributed by atoms with Gasteiger partial charge in [0.15, 0.2) is 6.61 Å². The van der Waals surface area contributed by atoms with Crippen LogP contribution in [-0.2, 0) is 9.59 Å². The average molecular weight is 304 g/mol. The molecule has 0 fully saturated rings. The summed E-state index contributed by atoms with van der Waals surface area (Å²) < 4.78 is 18.0. The molecule has 0 unspecified atom stereocenters. The number of aliphatic carboxylic acids is 1. The van der Waals surface area contributed by atoms with Crippen LogP contribution in [0.2, 0.25) is 5.02 Å². The fourth-order valence-corrected chi connectivity index (χ4v) is 1.73. The van der Waals surface area contributed by atoms with E-state index in [1.165, 1.54) is 17.0 Å². The Morgan fingerprint density at radius 2 is 2.15 bits per heavy atom. The van der Waals surface area contributed by atoms with Crippen molar-refractivity contribution >= 4 is 23.5 Å². The molecule has 0 atom stereocenters. The Labute approximate surface area is 120 Å². The van der Waals surface area contributed by atoms with Crippen LogP contribution >= 0.6 is 11.6 Å². The Balaban J connectivity index is 2.54. The quantitative estimate of drug-likeness (QED) is 0.838. The first-order chi connectivity index (χ1) is 9.43. The molecule has 7 heteroatoms. The second-order valence-corrected chi connectivity index (χ2v) is 4.39. The van der Waals surface area contributed by atoms with Crippen LogP contribution in [0.4, 0.5) is 4.39 Å². The van der Waals surface area contributed by atoms with Crippen LogP contribution in [0.1, 0.15) is 13.3 Å². The van der Waals surface area contributed by atoms with Gasteiger partial charge in [-0.15, -0.1) is 0 Å². The maximum atomic E-state index is 12.8. The molecule has 1 rings (SSSR count). The van der Waals surface area contributed by atoms with E-state index in [0.29, 0.717) is 6.54 Å². The Bertz CT molecular complexity index is 495. The SMILES string of the molecule is CCN(CCC(=O)O)C(=O)COc1ccc(F)cc1Cl. The Morgan fingerprint density at radius 3 is 2.70 bits per heavy atom. The number of benzene rings is 1. The van der Waals surface area contributed by atoms with E-state index in [0.717, 1.165) is 6.07 Å². The maximum absolute atomic E-state index is 12.8. The van der Waals surface area contributed by atoms with E-state index in [1.807, 2.05) is 0 Å². The van der Waals surface area contributed by atoms with Crippen LogP contribution in [0.25, 0.3) is 0 Å². The minimum absolute atomic E-state index is 0.0754. The van der Waals surface area contributed by atoms with Crippen LogP contribution in [-0.4, -0.2) is 41.6 Å². The standard InChI is InChI=1S/C13H15ClFNO4/c1-2-16(6-5-13(18)19)12(17)8-20-11-4-3-9(15)7-10(11)14/h3-4,7H,2,5-6,8H2,1H3,(H,18,19). The molecule has 0 heterocycles. The number of amides is 1. The molecule has 5 nitrogen and oxygen atoms in total. The van der Waals surface area contributed by atoms with Crippen molar-refractivity contribution in [1.29, 1.82) is 0 Å². The van der Waals surface area contributed by atoms with Gasteiger partial charge in [0.05, 0.1) is 11.4 Å². The summed E-state index contributed by atoms with van der Waals surface area (Å²) in [6.45, 7) is 1.96. The minimum Gasteiger partial charge on any atom is -0.482 e. The first kappa shape index (κ1) is 16.2. The summed E-state index contributed by atoms with van der Waals surface area (Å²) in [5, 5.41) is 8.66. The Morgan fingerprint density at radius 1 is 1.45 bits per heavy atom. The molecule has 0 aromatic heterocycles. The molecule has 0 spiro atoms. The molecule has 0 aliphatic heterocycles. The van der Waals surface area contributed by atoms with E-state index < -0.39 is 11.8 Å². The Kier molecular flexibility index (Phi) is 6.24. The summed E-state index contributed by atoms with van der Waals surface area (Å²) in [5.74, 6) is -1.62. The minimum atomic E-state index is -0.973. The summed E-state index contributed by atoms with van der Waals surface area (Å²) in [7, 11) is 0. The normalized spacial score (nSPS) is 10.2. The highest BCUT2D eigenvalue weighted by atomic mass is 35.5. The summed E-state index contributed by atoms with van der Waals surface area (Å²) in [6.07, 6.45) is -0.128. The van der Waals surface area contributed by atoms with Gasteiger partial charge >= 0.3 is 5.97 Å². The predicted octanol–water partition coefficient (Wildman–Crippen LogP) is 2.18. The zero-order valence-corrected chi connectivity index (χ0v) is 11.7. The van der Waals surface area contributed by atoms with E-state index in [2.05, 4.69) is 0 Å². The molecule has 0 bridgehead atoms. The van der Waals surface area contributed by atoms with E-state index in [-0.39, 0.29) is 36.3 Å². The Hall–Kier alpha value is -1.82. The number of hydrogen-bond acceptors (Lipinski definition) is 3. The molecule has 0 saturated carbocycles. The van der Waals surface area contributed by atoms with Crippen molar-refractivity contribution in [3.8, 4) is 5.75 Å². The summed E-state index contributed by atoms with van der Waals surface area (Å²) >= 11 is 5.76. The lowest BCUT2D eigenvalue weighted by Crippen LogP contribution is -2.36. The number of nitrogens with zero attached hydrogens (tertiary/aromatic N) is 1. The summed E-state index contributed by atoms with van der Waals surface area (Å²) in [6, 6.07) is 3.59. The third-order valence-electron chi connectivity index (χ3n) is 2.58. The molecule has 0 aliphatic rings. The second-order valence-electron chi connectivity index (χ2n) is 3.98. The fourth-order valence-electron chi connectivity index (χ4n) is 1.51. The first-order valence-electron chi connectivity index (χ1n) is 6.01. The van der Waals surface area contributed by atoms with Gasteiger partial charge < -0.3 is 14.7 Å². The van der Waals surface area contributed by atoms with E-state index in [9.17, 15) is 14.0 Å². The van der Waals surface area contributed by atoms with Crippen molar-refractivity contribution in [1.82, 2.24) is 4.90 Å². The number of carboxylic acids is 1. The highest BCUT2D eigenvalue weighted by Gasteiger charge is 2.14. The molecule has 1 aromatic rings. The van der Waals surface area contributed by atoms with Crippen molar-refractivity contribution in [2.24, 2.45) is 0 Å². The number of likely N-dealkylation sites (N-methyl/N-ethyl adjacent to an activating group) is 1. The van der Waals surface area contributed by atoms with Crippen LogP contribution < -0.4 is 4.74 Å². The van der Waals surface area contributed by atoms with E-state index in [1.54, 1.807) is 6.92 Å². The topological polar surface area (TPSA) is 66.8 Å². The van der Waals surface area contributed by atoms with Crippen molar-refractivity contribution in [2.45, 2.75) is 13.3 Å². The third kappa shape index (κ3) is 5.05. The molecule has 1 N–H and O–H groups in total. The van der Waals surface area contributed by atoms with Crippen molar-refractivity contribution < 1.29 is 23.8 Å². The molecular formula is C13H15ClFNO4. The molecule has 1 amide bonds. The maximum Gasteiger partial charge on any atom is 0.305 e. The van der Waals surface area contributed by atoms with Gasteiger partial charge in [0.25, 0.3) is 5.91 Å². The lowest BCUT2D eigenvalue weighted by molar-refractivity contribution is -0.139. The monoisotopic (exact) mass is 303 g/mol. The number of rotatable bonds is 7. The second kappa shape index (κ2) is 7.69. The van der Waals surface area contributed by atoms with Gasteiger partial charge in [-0.3, -0.25) is 9.59 Å². The summed E-state index contributed by atoms with van der Waals surface area (Å²) in [5.41, 5.74) is 0. The van der Waals surface area contributed by atoms with Crippen LogP contribution in [0.3, 0.4) is 0 Å². The van der Waals surface area contributed by atoms with Crippen LogP contribution in [0, 0.1) is 5.82 Å². The lowest BCUT2D eigenvalue weighted by Gasteiger charge is -2.20. The largest absolute Gasteiger partial charge is 0.482 e. The van der Waals surface area contributed by atoms with Crippen LogP contribution in [0.5, 0.6) is 5.75 Å². The van der Waals surface area contributed by atoms with Gasteiger partial charge in [-0.2, -0.15) is 0 Å². The van der Waals surface area contributed by atoms with Gasteiger partial charge in [-0.05, 0) is 25.1 Å². The van der Waals surface area contributed by atoms with Crippen LogP contribution in [0.15, 0.2) is 18.2 Å². The molecule has 1 aromatic carbocycles.